The Morgan fingerprint density at radius 2 is 1.70 bits per heavy atom. The van der Waals surface area contributed by atoms with E-state index in [1.807, 2.05) is 36.5 Å². The number of nitrogens with one attached hydrogen (secondary N) is 1. The Balaban J connectivity index is 1.55. The molecule has 3 nitrogen and oxygen atoms in total. The van der Waals surface area contributed by atoms with Crippen molar-refractivity contribution in [2.24, 2.45) is 0 Å². The van der Waals surface area contributed by atoms with Crippen LogP contribution >= 0.6 is 0 Å². The van der Waals surface area contributed by atoms with E-state index in [0.29, 0.717) is 5.95 Å². The molecule has 3 aromatic rings. The Morgan fingerprint density at radius 3 is 2.60 bits per heavy atom. The minimum Gasteiger partial charge on any atom is -0.354 e. The second-order valence-corrected chi connectivity index (χ2v) is 4.77. The lowest BCUT2D eigenvalue weighted by Crippen LogP contribution is -2.06. The Labute approximate surface area is 118 Å². The van der Waals surface area contributed by atoms with Crippen molar-refractivity contribution in [2.45, 2.75) is 12.8 Å². The molecule has 0 radical (unpaired) electrons. The SMILES string of the molecule is c1ccc(CCCNc2ncc3ccccc3n2)cc1. The van der Waals surface area contributed by atoms with Gasteiger partial charge >= 0.3 is 0 Å². The van der Waals surface area contributed by atoms with Crippen molar-refractivity contribution in [3.63, 3.8) is 0 Å². The number of anilines is 1. The summed E-state index contributed by atoms with van der Waals surface area (Å²) in [4.78, 5) is 8.83. The number of rotatable bonds is 5. The van der Waals surface area contributed by atoms with Crippen molar-refractivity contribution >= 4 is 16.9 Å². The molecule has 0 fully saturated rings. The summed E-state index contributed by atoms with van der Waals surface area (Å²) in [6.07, 6.45) is 4.00. The highest BCUT2D eigenvalue weighted by molar-refractivity contribution is 5.78. The van der Waals surface area contributed by atoms with Crippen LogP contribution in [0, 0.1) is 0 Å². The molecule has 0 aliphatic rings. The van der Waals surface area contributed by atoms with E-state index in [1.54, 1.807) is 0 Å². The molecule has 0 bridgehead atoms. The molecule has 0 saturated heterocycles. The van der Waals surface area contributed by atoms with E-state index in [9.17, 15) is 0 Å². The molecule has 0 atom stereocenters. The first-order valence-corrected chi connectivity index (χ1v) is 6.91. The van der Waals surface area contributed by atoms with Crippen molar-refractivity contribution in [3.05, 3.63) is 66.4 Å². The molecule has 1 heterocycles. The highest BCUT2D eigenvalue weighted by atomic mass is 15.1. The van der Waals surface area contributed by atoms with Gasteiger partial charge < -0.3 is 5.32 Å². The topological polar surface area (TPSA) is 37.8 Å². The van der Waals surface area contributed by atoms with Crippen molar-refractivity contribution in [1.29, 1.82) is 0 Å². The molecule has 1 N–H and O–H groups in total. The van der Waals surface area contributed by atoms with E-state index in [-0.39, 0.29) is 0 Å². The first kappa shape index (κ1) is 12.6. The predicted octanol–water partition coefficient (Wildman–Crippen LogP) is 3.67. The number of fused-ring (bicyclic) bond motifs is 1. The van der Waals surface area contributed by atoms with Crippen LogP contribution in [-0.2, 0) is 6.42 Å². The number of nitrogens with zero attached hydrogens (tertiary/aromatic N) is 2. The summed E-state index contributed by atoms with van der Waals surface area (Å²) in [5.74, 6) is 0.705. The fraction of sp³-hybridized carbons (Fsp3) is 0.176. The van der Waals surface area contributed by atoms with E-state index in [1.165, 1.54) is 5.56 Å². The van der Waals surface area contributed by atoms with Gasteiger partial charge in [-0.25, -0.2) is 9.97 Å². The molecule has 20 heavy (non-hydrogen) atoms. The molecule has 2 aromatic carbocycles. The molecular formula is C17H17N3. The van der Waals surface area contributed by atoms with Gasteiger partial charge in [-0.2, -0.15) is 0 Å². The van der Waals surface area contributed by atoms with Crippen molar-refractivity contribution in [2.75, 3.05) is 11.9 Å². The Bertz CT molecular complexity index is 680. The molecule has 100 valence electrons. The van der Waals surface area contributed by atoms with Crippen LogP contribution in [0.4, 0.5) is 5.95 Å². The van der Waals surface area contributed by atoms with Crippen LogP contribution in [0.2, 0.25) is 0 Å². The lowest BCUT2D eigenvalue weighted by atomic mass is 10.1. The average molecular weight is 263 g/mol. The van der Waals surface area contributed by atoms with Crippen LogP contribution in [-0.4, -0.2) is 16.5 Å². The predicted molar refractivity (Wildman–Crippen MR) is 82.8 cm³/mol. The molecule has 0 aliphatic heterocycles. The number of hydrogen-bond donors (Lipinski definition) is 1. The van der Waals surface area contributed by atoms with Gasteiger partial charge in [-0.1, -0.05) is 48.5 Å². The third-order valence-electron chi connectivity index (χ3n) is 3.26. The van der Waals surface area contributed by atoms with Gasteiger partial charge in [0.15, 0.2) is 0 Å². The van der Waals surface area contributed by atoms with E-state index < -0.39 is 0 Å². The molecule has 0 unspecified atom stereocenters. The fourth-order valence-corrected chi connectivity index (χ4v) is 2.19. The van der Waals surface area contributed by atoms with Gasteiger partial charge in [0.2, 0.25) is 5.95 Å². The zero-order valence-electron chi connectivity index (χ0n) is 11.3. The monoisotopic (exact) mass is 263 g/mol. The highest BCUT2D eigenvalue weighted by Crippen LogP contribution is 2.11. The van der Waals surface area contributed by atoms with Crippen molar-refractivity contribution < 1.29 is 0 Å². The second kappa shape index (κ2) is 6.15. The van der Waals surface area contributed by atoms with E-state index in [2.05, 4.69) is 39.6 Å². The third-order valence-corrected chi connectivity index (χ3v) is 3.26. The number of benzene rings is 2. The zero-order valence-corrected chi connectivity index (χ0v) is 11.3. The van der Waals surface area contributed by atoms with Crippen LogP contribution in [0.25, 0.3) is 10.9 Å². The van der Waals surface area contributed by atoms with Gasteiger partial charge in [-0.05, 0) is 24.5 Å². The lowest BCUT2D eigenvalue weighted by Gasteiger charge is -2.05. The van der Waals surface area contributed by atoms with Gasteiger partial charge in [0.25, 0.3) is 0 Å². The minimum atomic E-state index is 0.705. The van der Waals surface area contributed by atoms with Gasteiger partial charge in [-0.3, -0.25) is 0 Å². The van der Waals surface area contributed by atoms with Crippen LogP contribution in [0.1, 0.15) is 12.0 Å². The molecule has 1 aromatic heterocycles. The third kappa shape index (κ3) is 3.12. The molecule has 0 amide bonds. The summed E-state index contributed by atoms with van der Waals surface area (Å²) in [6, 6.07) is 18.5. The molecule has 0 aliphatic carbocycles. The van der Waals surface area contributed by atoms with Gasteiger partial charge in [-0.15, -0.1) is 0 Å². The number of hydrogen-bond acceptors (Lipinski definition) is 3. The van der Waals surface area contributed by atoms with Crippen molar-refractivity contribution in [3.8, 4) is 0 Å². The fourth-order valence-electron chi connectivity index (χ4n) is 2.19. The van der Waals surface area contributed by atoms with Crippen LogP contribution in [0.5, 0.6) is 0 Å². The number of para-hydroxylation sites is 1. The summed E-state index contributed by atoms with van der Waals surface area (Å²) in [5.41, 5.74) is 2.35. The Morgan fingerprint density at radius 1 is 0.900 bits per heavy atom. The van der Waals surface area contributed by atoms with Crippen LogP contribution < -0.4 is 5.32 Å². The van der Waals surface area contributed by atoms with Crippen LogP contribution in [0.15, 0.2) is 60.8 Å². The minimum absolute atomic E-state index is 0.705. The summed E-state index contributed by atoms with van der Waals surface area (Å²) in [6.45, 7) is 0.882. The Hall–Kier alpha value is -2.42. The first-order chi connectivity index (χ1) is 9.92. The first-order valence-electron chi connectivity index (χ1n) is 6.91. The smallest absolute Gasteiger partial charge is 0.223 e. The molecule has 0 saturated carbocycles. The quantitative estimate of drug-likeness (QED) is 0.714. The second-order valence-electron chi connectivity index (χ2n) is 4.77. The molecular weight excluding hydrogens is 246 g/mol. The largest absolute Gasteiger partial charge is 0.354 e. The summed E-state index contributed by atoms with van der Waals surface area (Å²) >= 11 is 0. The highest BCUT2D eigenvalue weighted by Gasteiger charge is 1.98. The van der Waals surface area contributed by atoms with Crippen LogP contribution in [0.3, 0.4) is 0 Å². The lowest BCUT2D eigenvalue weighted by molar-refractivity contribution is 0.854. The van der Waals surface area contributed by atoms with Gasteiger partial charge in [0.1, 0.15) is 0 Å². The normalized spacial score (nSPS) is 10.6. The number of aryl methyl sites for hydroxylation is 1. The Kier molecular flexibility index (Phi) is 3.88. The van der Waals surface area contributed by atoms with E-state index in [4.69, 9.17) is 0 Å². The summed E-state index contributed by atoms with van der Waals surface area (Å²) < 4.78 is 0. The maximum atomic E-state index is 4.50. The molecule has 0 spiro atoms. The van der Waals surface area contributed by atoms with E-state index >= 15 is 0 Å². The van der Waals surface area contributed by atoms with Crippen molar-refractivity contribution in [1.82, 2.24) is 9.97 Å². The standard InChI is InChI=1S/C17H17N3/c1-2-7-14(8-3-1)9-6-12-18-17-19-13-15-10-4-5-11-16(15)20-17/h1-5,7-8,10-11,13H,6,9,12H2,(H,18,19,20). The summed E-state index contributed by atoms with van der Waals surface area (Å²) in [7, 11) is 0. The molecule has 3 heteroatoms. The maximum absolute atomic E-state index is 4.50. The average Bonchev–Trinajstić information content (AvgIpc) is 2.52. The maximum Gasteiger partial charge on any atom is 0.223 e. The van der Waals surface area contributed by atoms with Gasteiger partial charge in [0.05, 0.1) is 5.52 Å². The summed E-state index contributed by atoms with van der Waals surface area (Å²) in [5, 5.41) is 4.36. The van der Waals surface area contributed by atoms with E-state index in [0.717, 1.165) is 30.3 Å². The number of aromatic nitrogens is 2. The zero-order chi connectivity index (χ0) is 13.6. The van der Waals surface area contributed by atoms with Gasteiger partial charge in [0, 0.05) is 18.1 Å². The molecule has 3 rings (SSSR count).